The molecule has 0 bridgehead atoms. The second-order valence-corrected chi connectivity index (χ2v) is 2.95. The first-order chi connectivity index (χ1) is 6.63. The summed E-state index contributed by atoms with van der Waals surface area (Å²) in [7, 11) is 0. The fraction of sp³-hybridized carbons (Fsp3) is 0.333. The maximum absolute atomic E-state index is 11.0. The fourth-order valence-corrected chi connectivity index (χ4v) is 1.09. The molecule has 0 aliphatic rings. The molecule has 0 saturated heterocycles. The smallest absolute Gasteiger partial charge is 0.311 e. The number of ether oxygens (including phenoxy) is 1. The van der Waals surface area contributed by atoms with E-state index in [1.54, 1.807) is 6.92 Å². The van der Waals surface area contributed by atoms with Crippen molar-refractivity contribution in [1.29, 1.82) is 0 Å². The standard InChI is InChI=1S/C9H10ClNO3/c1-2-14-8(13)5-6-3-4-7(12)9(10)11-6/h3-4,12H,2,5H2,1H3. The third-order valence-electron chi connectivity index (χ3n) is 1.52. The highest BCUT2D eigenvalue weighted by atomic mass is 35.5. The average Bonchev–Trinajstić information content (AvgIpc) is 2.12. The van der Waals surface area contributed by atoms with Gasteiger partial charge in [-0.3, -0.25) is 4.79 Å². The molecule has 14 heavy (non-hydrogen) atoms. The lowest BCUT2D eigenvalue weighted by Gasteiger charge is -2.02. The molecule has 0 unspecified atom stereocenters. The zero-order valence-corrected chi connectivity index (χ0v) is 8.41. The van der Waals surface area contributed by atoms with E-state index in [4.69, 9.17) is 21.4 Å². The molecule has 0 amide bonds. The predicted octanol–water partition coefficient (Wildman–Crippen LogP) is 1.55. The van der Waals surface area contributed by atoms with Crippen molar-refractivity contribution in [2.75, 3.05) is 6.61 Å². The Balaban J connectivity index is 2.68. The molecule has 1 aromatic heterocycles. The molecule has 0 spiro atoms. The average molecular weight is 216 g/mol. The number of aromatic hydroxyl groups is 1. The Kier molecular flexibility index (Phi) is 3.71. The highest BCUT2D eigenvalue weighted by molar-refractivity contribution is 6.30. The summed E-state index contributed by atoms with van der Waals surface area (Å²) in [6.45, 7) is 2.07. The lowest BCUT2D eigenvalue weighted by Crippen LogP contribution is -2.08. The van der Waals surface area contributed by atoms with Gasteiger partial charge in [0.05, 0.1) is 18.7 Å². The maximum Gasteiger partial charge on any atom is 0.311 e. The first kappa shape index (κ1) is 10.8. The number of aromatic nitrogens is 1. The Hall–Kier alpha value is -1.29. The van der Waals surface area contributed by atoms with Crippen LogP contribution < -0.4 is 0 Å². The monoisotopic (exact) mass is 215 g/mol. The predicted molar refractivity (Wildman–Crippen MR) is 51.2 cm³/mol. The van der Waals surface area contributed by atoms with E-state index in [9.17, 15) is 4.79 Å². The number of halogens is 1. The summed E-state index contributed by atoms with van der Waals surface area (Å²) in [4.78, 5) is 14.9. The molecular weight excluding hydrogens is 206 g/mol. The van der Waals surface area contributed by atoms with Crippen LogP contribution in [0.5, 0.6) is 5.75 Å². The van der Waals surface area contributed by atoms with Crippen LogP contribution in [-0.4, -0.2) is 22.7 Å². The Morgan fingerprint density at radius 1 is 1.64 bits per heavy atom. The molecule has 0 radical (unpaired) electrons. The topological polar surface area (TPSA) is 59.4 Å². The number of carbonyl (C=O) groups excluding carboxylic acids is 1. The molecule has 76 valence electrons. The van der Waals surface area contributed by atoms with E-state index in [1.165, 1.54) is 12.1 Å². The van der Waals surface area contributed by atoms with Crippen LogP contribution in [0.3, 0.4) is 0 Å². The van der Waals surface area contributed by atoms with Gasteiger partial charge in [-0.15, -0.1) is 0 Å². The number of esters is 1. The first-order valence-electron chi connectivity index (χ1n) is 4.13. The largest absolute Gasteiger partial charge is 0.505 e. The summed E-state index contributed by atoms with van der Waals surface area (Å²) in [6.07, 6.45) is 0.0633. The molecule has 0 aliphatic heterocycles. The van der Waals surface area contributed by atoms with Gasteiger partial charge in [-0.2, -0.15) is 0 Å². The minimum atomic E-state index is -0.359. The summed E-state index contributed by atoms with van der Waals surface area (Å²) in [5.74, 6) is -0.457. The van der Waals surface area contributed by atoms with Crippen LogP contribution in [0, 0.1) is 0 Å². The summed E-state index contributed by atoms with van der Waals surface area (Å²) in [6, 6.07) is 2.92. The zero-order chi connectivity index (χ0) is 10.6. The van der Waals surface area contributed by atoms with Crippen LogP contribution in [0.25, 0.3) is 0 Å². The highest BCUT2D eigenvalue weighted by Crippen LogP contribution is 2.20. The van der Waals surface area contributed by atoms with Gasteiger partial charge in [0.1, 0.15) is 0 Å². The van der Waals surface area contributed by atoms with Gasteiger partial charge >= 0.3 is 5.97 Å². The molecule has 0 aliphatic carbocycles. The molecule has 0 aromatic carbocycles. The Labute approximate surface area is 86.5 Å². The SMILES string of the molecule is CCOC(=O)Cc1ccc(O)c(Cl)n1. The van der Waals surface area contributed by atoms with Crippen molar-refractivity contribution < 1.29 is 14.6 Å². The minimum Gasteiger partial charge on any atom is -0.505 e. The van der Waals surface area contributed by atoms with Crippen LogP contribution in [0.4, 0.5) is 0 Å². The number of hydrogen-bond acceptors (Lipinski definition) is 4. The van der Waals surface area contributed by atoms with E-state index >= 15 is 0 Å². The van der Waals surface area contributed by atoms with Crippen molar-refractivity contribution in [2.45, 2.75) is 13.3 Å². The number of hydrogen-bond donors (Lipinski definition) is 1. The van der Waals surface area contributed by atoms with Gasteiger partial charge in [-0.05, 0) is 19.1 Å². The van der Waals surface area contributed by atoms with E-state index in [0.29, 0.717) is 12.3 Å². The molecule has 1 heterocycles. The molecule has 1 rings (SSSR count). The molecule has 0 saturated carbocycles. The number of pyridine rings is 1. The zero-order valence-electron chi connectivity index (χ0n) is 7.66. The van der Waals surface area contributed by atoms with Crippen LogP contribution in [0.2, 0.25) is 5.15 Å². The van der Waals surface area contributed by atoms with Gasteiger partial charge in [-0.1, -0.05) is 11.6 Å². The van der Waals surface area contributed by atoms with E-state index < -0.39 is 0 Å². The third kappa shape index (κ3) is 2.88. The lowest BCUT2D eigenvalue weighted by atomic mass is 10.3. The molecular formula is C9H10ClNO3. The second-order valence-electron chi connectivity index (χ2n) is 2.59. The number of rotatable bonds is 3. The molecule has 1 aromatic rings. The van der Waals surface area contributed by atoms with E-state index in [0.717, 1.165) is 0 Å². The molecule has 4 nitrogen and oxygen atoms in total. The van der Waals surface area contributed by atoms with Gasteiger partial charge in [0.2, 0.25) is 0 Å². The third-order valence-corrected chi connectivity index (χ3v) is 1.80. The van der Waals surface area contributed by atoms with Gasteiger partial charge in [0, 0.05) is 0 Å². The second kappa shape index (κ2) is 4.81. The Morgan fingerprint density at radius 2 is 2.36 bits per heavy atom. The van der Waals surface area contributed by atoms with Gasteiger partial charge in [0.25, 0.3) is 0 Å². The van der Waals surface area contributed by atoms with Crippen molar-refractivity contribution in [1.82, 2.24) is 4.98 Å². The lowest BCUT2D eigenvalue weighted by molar-refractivity contribution is -0.142. The Morgan fingerprint density at radius 3 is 2.93 bits per heavy atom. The number of carbonyl (C=O) groups is 1. The van der Waals surface area contributed by atoms with Crippen LogP contribution >= 0.6 is 11.6 Å². The summed E-state index contributed by atoms with van der Waals surface area (Å²) in [5.41, 5.74) is 0.478. The van der Waals surface area contributed by atoms with Gasteiger partial charge in [-0.25, -0.2) is 4.98 Å². The molecule has 5 heteroatoms. The van der Waals surface area contributed by atoms with E-state index in [1.807, 2.05) is 0 Å². The van der Waals surface area contributed by atoms with Crippen LogP contribution in [0.15, 0.2) is 12.1 Å². The Bertz CT molecular complexity index is 341. The first-order valence-corrected chi connectivity index (χ1v) is 4.51. The van der Waals surface area contributed by atoms with E-state index in [-0.39, 0.29) is 23.3 Å². The van der Waals surface area contributed by atoms with Gasteiger partial charge in [0.15, 0.2) is 10.9 Å². The highest BCUT2D eigenvalue weighted by Gasteiger charge is 2.07. The number of nitrogens with zero attached hydrogens (tertiary/aromatic N) is 1. The van der Waals surface area contributed by atoms with Crippen molar-refractivity contribution in [3.63, 3.8) is 0 Å². The summed E-state index contributed by atoms with van der Waals surface area (Å²) >= 11 is 5.56. The summed E-state index contributed by atoms with van der Waals surface area (Å²) in [5, 5.41) is 9.06. The molecule has 1 N–H and O–H groups in total. The van der Waals surface area contributed by atoms with E-state index in [2.05, 4.69) is 4.98 Å². The maximum atomic E-state index is 11.0. The van der Waals surface area contributed by atoms with Crippen LogP contribution in [-0.2, 0) is 16.0 Å². The van der Waals surface area contributed by atoms with Crippen molar-refractivity contribution in [2.24, 2.45) is 0 Å². The molecule has 0 fully saturated rings. The minimum absolute atomic E-state index is 0.00759. The van der Waals surface area contributed by atoms with Crippen molar-refractivity contribution >= 4 is 17.6 Å². The quantitative estimate of drug-likeness (QED) is 0.614. The fourth-order valence-electron chi connectivity index (χ4n) is 0.923. The van der Waals surface area contributed by atoms with Crippen molar-refractivity contribution in [3.8, 4) is 5.75 Å². The van der Waals surface area contributed by atoms with Gasteiger partial charge < -0.3 is 9.84 Å². The van der Waals surface area contributed by atoms with Crippen molar-refractivity contribution in [3.05, 3.63) is 23.0 Å². The molecule has 0 atom stereocenters. The van der Waals surface area contributed by atoms with Crippen LogP contribution in [0.1, 0.15) is 12.6 Å². The summed E-state index contributed by atoms with van der Waals surface area (Å²) < 4.78 is 4.73. The normalized spacial score (nSPS) is 9.86.